The Bertz CT molecular complexity index is 263. The SMILES string of the molecule is CC(C)SCc1ccnc(NN)c1. The number of nitrogens with two attached hydrogens (primary N) is 1. The van der Waals surface area contributed by atoms with E-state index >= 15 is 0 Å². The molecule has 3 nitrogen and oxygen atoms in total. The van der Waals surface area contributed by atoms with Gasteiger partial charge in [-0.05, 0) is 22.9 Å². The summed E-state index contributed by atoms with van der Waals surface area (Å²) in [6.45, 7) is 4.38. The summed E-state index contributed by atoms with van der Waals surface area (Å²) in [6, 6.07) is 3.98. The molecule has 1 heterocycles. The summed E-state index contributed by atoms with van der Waals surface area (Å²) in [4.78, 5) is 4.04. The van der Waals surface area contributed by atoms with Crippen molar-refractivity contribution in [3.63, 3.8) is 0 Å². The number of hydrogen-bond donors (Lipinski definition) is 2. The van der Waals surface area contributed by atoms with Crippen molar-refractivity contribution in [1.82, 2.24) is 4.98 Å². The first-order valence-corrected chi connectivity index (χ1v) is 5.30. The Morgan fingerprint density at radius 3 is 3.00 bits per heavy atom. The monoisotopic (exact) mass is 197 g/mol. The summed E-state index contributed by atoms with van der Waals surface area (Å²) >= 11 is 1.91. The molecule has 0 aliphatic rings. The molecule has 0 amide bonds. The van der Waals surface area contributed by atoms with Gasteiger partial charge in [-0.2, -0.15) is 11.8 Å². The average Bonchev–Trinajstić information content (AvgIpc) is 2.15. The zero-order valence-corrected chi connectivity index (χ0v) is 8.77. The molecular formula is C9H15N3S. The number of nitrogens with one attached hydrogen (secondary N) is 1. The molecule has 72 valence electrons. The van der Waals surface area contributed by atoms with Crippen molar-refractivity contribution in [3.8, 4) is 0 Å². The molecule has 4 heteroatoms. The van der Waals surface area contributed by atoms with Crippen molar-refractivity contribution in [2.45, 2.75) is 24.9 Å². The van der Waals surface area contributed by atoms with Gasteiger partial charge in [-0.15, -0.1) is 0 Å². The van der Waals surface area contributed by atoms with Gasteiger partial charge in [0.15, 0.2) is 0 Å². The van der Waals surface area contributed by atoms with Gasteiger partial charge in [0.25, 0.3) is 0 Å². The maximum atomic E-state index is 5.26. The Kier molecular flexibility index (Phi) is 4.05. The van der Waals surface area contributed by atoms with E-state index in [9.17, 15) is 0 Å². The van der Waals surface area contributed by atoms with Gasteiger partial charge in [-0.3, -0.25) is 0 Å². The molecule has 0 bridgehead atoms. The summed E-state index contributed by atoms with van der Waals surface area (Å²) in [5.74, 6) is 6.99. The van der Waals surface area contributed by atoms with Gasteiger partial charge in [-0.1, -0.05) is 13.8 Å². The molecule has 1 rings (SSSR count). The van der Waals surface area contributed by atoms with Crippen LogP contribution < -0.4 is 11.3 Å². The fourth-order valence-corrected chi connectivity index (χ4v) is 1.61. The van der Waals surface area contributed by atoms with Crippen LogP contribution in [-0.2, 0) is 5.75 Å². The van der Waals surface area contributed by atoms with Crippen molar-refractivity contribution in [1.29, 1.82) is 0 Å². The highest BCUT2D eigenvalue weighted by atomic mass is 32.2. The van der Waals surface area contributed by atoms with Crippen molar-refractivity contribution in [3.05, 3.63) is 23.9 Å². The average molecular weight is 197 g/mol. The molecule has 1 aromatic rings. The highest BCUT2D eigenvalue weighted by molar-refractivity contribution is 7.99. The van der Waals surface area contributed by atoms with Crippen LogP contribution in [-0.4, -0.2) is 10.2 Å². The number of anilines is 1. The second-order valence-corrected chi connectivity index (χ2v) is 4.62. The van der Waals surface area contributed by atoms with Crippen molar-refractivity contribution in [2.24, 2.45) is 5.84 Å². The molecule has 0 unspecified atom stereocenters. The second-order valence-electron chi connectivity index (χ2n) is 3.05. The maximum absolute atomic E-state index is 5.26. The third-order valence-corrected chi connectivity index (χ3v) is 2.72. The molecule has 1 aromatic heterocycles. The summed E-state index contributed by atoms with van der Waals surface area (Å²) in [5.41, 5.74) is 3.79. The number of nitrogen functional groups attached to an aromatic ring is 1. The Morgan fingerprint density at radius 1 is 1.62 bits per heavy atom. The smallest absolute Gasteiger partial charge is 0.140 e. The molecule has 0 spiro atoms. The highest BCUT2D eigenvalue weighted by Gasteiger charge is 1.98. The standard InChI is InChI=1S/C9H15N3S/c1-7(2)13-6-8-3-4-11-9(5-8)12-10/h3-5,7H,6,10H2,1-2H3,(H,11,12). The van der Waals surface area contributed by atoms with Crippen molar-refractivity contribution < 1.29 is 0 Å². The minimum Gasteiger partial charge on any atom is -0.308 e. The zero-order chi connectivity index (χ0) is 9.68. The Hall–Kier alpha value is -0.740. The minimum absolute atomic E-state index is 0.655. The van der Waals surface area contributed by atoms with Crippen molar-refractivity contribution in [2.75, 3.05) is 5.43 Å². The largest absolute Gasteiger partial charge is 0.308 e. The highest BCUT2D eigenvalue weighted by Crippen LogP contribution is 2.17. The van der Waals surface area contributed by atoms with Crippen LogP contribution in [0.2, 0.25) is 0 Å². The molecule has 0 saturated carbocycles. The summed E-state index contributed by atoms with van der Waals surface area (Å²) in [6.07, 6.45) is 1.77. The van der Waals surface area contributed by atoms with E-state index in [1.165, 1.54) is 5.56 Å². The van der Waals surface area contributed by atoms with Gasteiger partial charge < -0.3 is 5.43 Å². The van der Waals surface area contributed by atoms with E-state index in [-0.39, 0.29) is 0 Å². The van der Waals surface area contributed by atoms with Crippen LogP contribution in [0.15, 0.2) is 18.3 Å². The molecule has 0 atom stereocenters. The first-order valence-electron chi connectivity index (χ1n) is 4.25. The lowest BCUT2D eigenvalue weighted by atomic mass is 10.3. The quantitative estimate of drug-likeness (QED) is 0.572. The van der Waals surface area contributed by atoms with Crippen LogP contribution in [0.1, 0.15) is 19.4 Å². The summed E-state index contributed by atoms with van der Waals surface area (Å²) < 4.78 is 0. The molecule has 0 aliphatic carbocycles. The molecule has 3 N–H and O–H groups in total. The van der Waals surface area contributed by atoms with Crippen LogP contribution in [0.3, 0.4) is 0 Å². The number of nitrogens with zero attached hydrogens (tertiary/aromatic N) is 1. The Morgan fingerprint density at radius 2 is 2.38 bits per heavy atom. The predicted octanol–water partition coefficient (Wildman–Crippen LogP) is 2.01. The number of hydrazine groups is 1. The molecule has 13 heavy (non-hydrogen) atoms. The zero-order valence-electron chi connectivity index (χ0n) is 7.95. The fraction of sp³-hybridized carbons (Fsp3) is 0.444. The van der Waals surface area contributed by atoms with Crippen LogP contribution in [0, 0.1) is 0 Å². The van der Waals surface area contributed by atoms with Gasteiger partial charge in [0.05, 0.1) is 0 Å². The van der Waals surface area contributed by atoms with Gasteiger partial charge >= 0.3 is 0 Å². The van der Waals surface area contributed by atoms with Gasteiger partial charge in [0.2, 0.25) is 0 Å². The third-order valence-electron chi connectivity index (χ3n) is 1.56. The lowest BCUT2D eigenvalue weighted by Crippen LogP contribution is -2.08. The third kappa shape index (κ3) is 3.65. The van der Waals surface area contributed by atoms with E-state index in [1.54, 1.807) is 6.20 Å². The molecule has 0 aromatic carbocycles. The lowest BCUT2D eigenvalue weighted by molar-refractivity contribution is 1.11. The van der Waals surface area contributed by atoms with Crippen LogP contribution in [0.4, 0.5) is 5.82 Å². The van der Waals surface area contributed by atoms with Gasteiger partial charge in [-0.25, -0.2) is 10.8 Å². The van der Waals surface area contributed by atoms with E-state index < -0.39 is 0 Å². The van der Waals surface area contributed by atoms with Crippen molar-refractivity contribution >= 4 is 17.6 Å². The topological polar surface area (TPSA) is 50.9 Å². The number of thioether (sulfide) groups is 1. The van der Waals surface area contributed by atoms with E-state index in [4.69, 9.17) is 5.84 Å². The number of pyridine rings is 1. The van der Waals surface area contributed by atoms with E-state index in [2.05, 4.69) is 24.3 Å². The number of aromatic nitrogens is 1. The van der Waals surface area contributed by atoms with Crippen LogP contribution in [0.25, 0.3) is 0 Å². The minimum atomic E-state index is 0.655. The van der Waals surface area contributed by atoms with Gasteiger partial charge in [0.1, 0.15) is 5.82 Å². The predicted molar refractivity (Wildman–Crippen MR) is 58.5 cm³/mol. The molecule has 0 fully saturated rings. The summed E-state index contributed by atoms with van der Waals surface area (Å²) in [7, 11) is 0. The molecule has 0 saturated heterocycles. The molecular weight excluding hydrogens is 182 g/mol. The normalized spacial score (nSPS) is 10.5. The lowest BCUT2D eigenvalue weighted by Gasteiger charge is -2.05. The van der Waals surface area contributed by atoms with Crippen LogP contribution in [0.5, 0.6) is 0 Å². The van der Waals surface area contributed by atoms with E-state index in [0.29, 0.717) is 5.25 Å². The first kappa shape index (κ1) is 10.3. The molecule has 0 aliphatic heterocycles. The maximum Gasteiger partial charge on any atom is 0.140 e. The second kappa shape index (κ2) is 5.09. The number of hydrogen-bond acceptors (Lipinski definition) is 4. The van der Waals surface area contributed by atoms with E-state index in [1.807, 2.05) is 23.9 Å². The fourth-order valence-electron chi connectivity index (χ4n) is 0.906. The Labute approximate surface area is 83.1 Å². The van der Waals surface area contributed by atoms with Gasteiger partial charge in [0, 0.05) is 11.9 Å². The van der Waals surface area contributed by atoms with E-state index in [0.717, 1.165) is 11.6 Å². The van der Waals surface area contributed by atoms with Crippen LogP contribution >= 0.6 is 11.8 Å². The number of rotatable bonds is 4. The first-order chi connectivity index (χ1) is 6.22. The Balaban J connectivity index is 2.56. The molecule has 0 radical (unpaired) electrons. The summed E-state index contributed by atoms with van der Waals surface area (Å²) in [5, 5.41) is 0.655.